The van der Waals surface area contributed by atoms with Crippen molar-refractivity contribution in [2.45, 2.75) is 4.90 Å². The van der Waals surface area contributed by atoms with Gasteiger partial charge in [0, 0.05) is 11.3 Å². The van der Waals surface area contributed by atoms with Crippen molar-refractivity contribution in [1.82, 2.24) is 5.32 Å². The van der Waals surface area contributed by atoms with Gasteiger partial charge in [-0.1, -0.05) is 0 Å². The van der Waals surface area contributed by atoms with Gasteiger partial charge in [0.05, 0.1) is 19.1 Å². The maximum absolute atomic E-state index is 12.3. The monoisotopic (exact) mass is 395 g/mol. The molecule has 0 fully saturated rings. The van der Waals surface area contributed by atoms with E-state index < -0.39 is 15.9 Å². The lowest BCUT2D eigenvalue weighted by atomic mass is 10.2. The van der Waals surface area contributed by atoms with Crippen molar-refractivity contribution >= 4 is 38.9 Å². The lowest BCUT2D eigenvalue weighted by Crippen LogP contribution is -2.34. The second-order valence-electron chi connectivity index (χ2n) is 5.05. The molecule has 0 aliphatic heterocycles. The van der Waals surface area contributed by atoms with Gasteiger partial charge >= 0.3 is 0 Å². The third kappa shape index (κ3) is 4.91. The molecule has 4 N–H and O–H groups in total. The molecule has 2 aromatic carbocycles. The quantitative estimate of drug-likeness (QED) is 0.656. The van der Waals surface area contributed by atoms with Gasteiger partial charge in [0.15, 0.2) is 16.6 Å². The second-order valence-corrected chi connectivity index (χ2v) is 7.02. The van der Waals surface area contributed by atoms with Crippen LogP contribution in [0.25, 0.3) is 0 Å². The number of thiocarbonyl (C=S) groups is 1. The number of rotatable bonds is 5. The number of anilines is 1. The number of nitrogens with two attached hydrogens (primary N) is 1. The Bertz CT molecular complexity index is 927. The summed E-state index contributed by atoms with van der Waals surface area (Å²) in [6, 6.07) is 10.3. The van der Waals surface area contributed by atoms with E-state index in [0.717, 1.165) is 0 Å². The zero-order chi connectivity index (χ0) is 19.3. The van der Waals surface area contributed by atoms with E-state index in [0.29, 0.717) is 22.7 Å². The standard InChI is InChI=1S/C16H17N3O5S2/c1-23-13-8-3-10(9-14(13)24-2)15(20)19-16(25)18-11-4-6-12(7-5-11)26(17,21)22/h3-9H,1-2H3,(H2,17,21,22)(H2,18,19,20,25). The zero-order valence-electron chi connectivity index (χ0n) is 14.0. The topological polar surface area (TPSA) is 120 Å². The maximum Gasteiger partial charge on any atom is 0.257 e. The van der Waals surface area contributed by atoms with Crippen LogP contribution < -0.4 is 25.2 Å². The molecule has 2 aromatic rings. The fraction of sp³-hybridized carbons (Fsp3) is 0.125. The Hall–Kier alpha value is -2.69. The van der Waals surface area contributed by atoms with Gasteiger partial charge in [-0.2, -0.15) is 0 Å². The summed E-state index contributed by atoms with van der Waals surface area (Å²) in [5.74, 6) is 0.474. The van der Waals surface area contributed by atoms with Crippen molar-refractivity contribution in [3.63, 3.8) is 0 Å². The number of hydrogen-bond donors (Lipinski definition) is 3. The molecule has 0 saturated carbocycles. The van der Waals surface area contributed by atoms with Crippen LogP contribution in [0.5, 0.6) is 11.5 Å². The Balaban J connectivity index is 2.04. The van der Waals surface area contributed by atoms with Gasteiger partial charge in [-0.15, -0.1) is 0 Å². The summed E-state index contributed by atoms with van der Waals surface area (Å²) in [5.41, 5.74) is 0.825. The summed E-state index contributed by atoms with van der Waals surface area (Å²) in [6.07, 6.45) is 0. The van der Waals surface area contributed by atoms with E-state index in [2.05, 4.69) is 10.6 Å². The van der Waals surface area contributed by atoms with Gasteiger partial charge in [-0.25, -0.2) is 13.6 Å². The minimum absolute atomic E-state index is 0.0247. The third-order valence-electron chi connectivity index (χ3n) is 3.31. The normalized spacial score (nSPS) is 10.7. The van der Waals surface area contributed by atoms with E-state index in [-0.39, 0.29) is 10.0 Å². The number of carbonyl (C=O) groups is 1. The van der Waals surface area contributed by atoms with E-state index in [1.165, 1.54) is 44.6 Å². The van der Waals surface area contributed by atoms with Crippen molar-refractivity contribution in [2.24, 2.45) is 5.14 Å². The lowest BCUT2D eigenvalue weighted by Gasteiger charge is -2.12. The van der Waals surface area contributed by atoms with Gasteiger partial charge in [-0.05, 0) is 54.7 Å². The number of sulfonamides is 1. The van der Waals surface area contributed by atoms with E-state index in [4.69, 9.17) is 26.8 Å². The predicted octanol–water partition coefficient (Wildman–Crippen LogP) is 1.48. The van der Waals surface area contributed by atoms with Crippen molar-refractivity contribution in [1.29, 1.82) is 0 Å². The number of ether oxygens (including phenoxy) is 2. The SMILES string of the molecule is COc1ccc(C(=O)NC(=S)Nc2ccc(S(N)(=O)=O)cc2)cc1OC. The Morgan fingerprint density at radius 1 is 1.04 bits per heavy atom. The molecule has 1 amide bonds. The predicted molar refractivity (Wildman–Crippen MR) is 101 cm³/mol. The molecule has 0 radical (unpaired) electrons. The number of benzene rings is 2. The summed E-state index contributed by atoms with van der Waals surface area (Å²) in [6.45, 7) is 0. The zero-order valence-corrected chi connectivity index (χ0v) is 15.6. The van der Waals surface area contributed by atoms with Crippen LogP contribution in [0.15, 0.2) is 47.4 Å². The smallest absolute Gasteiger partial charge is 0.257 e. The van der Waals surface area contributed by atoms with Crippen LogP contribution in [-0.4, -0.2) is 33.7 Å². The molecule has 0 spiro atoms. The molecule has 2 rings (SSSR count). The molecule has 0 atom stereocenters. The van der Waals surface area contributed by atoms with Gasteiger partial charge in [0.25, 0.3) is 5.91 Å². The molecular weight excluding hydrogens is 378 g/mol. The number of hydrogen-bond acceptors (Lipinski definition) is 6. The first-order valence-corrected chi connectivity index (χ1v) is 9.17. The van der Waals surface area contributed by atoms with Gasteiger partial charge < -0.3 is 14.8 Å². The summed E-state index contributed by atoms with van der Waals surface area (Å²) < 4.78 is 32.7. The highest BCUT2D eigenvalue weighted by molar-refractivity contribution is 7.89. The Morgan fingerprint density at radius 2 is 1.65 bits per heavy atom. The summed E-state index contributed by atoms with van der Waals surface area (Å²) in [4.78, 5) is 12.2. The van der Waals surface area contributed by atoms with Crippen molar-refractivity contribution in [3.05, 3.63) is 48.0 Å². The van der Waals surface area contributed by atoms with E-state index in [1.807, 2.05) is 0 Å². The van der Waals surface area contributed by atoms with Gasteiger partial charge in [-0.3, -0.25) is 10.1 Å². The summed E-state index contributed by atoms with van der Waals surface area (Å²) >= 11 is 5.09. The molecule has 0 heterocycles. The van der Waals surface area contributed by atoms with E-state index >= 15 is 0 Å². The molecule has 0 saturated heterocycles. The molecule has 0 aliphatic carbocycles. The van der Waals surface area contributed by atoms with Crippen LogP contribution in [0.2, 0.25) is 0 Å². The average Bonchev–Trinajstić information content (AvgIpc) is 2.60. The van der Waals surface area contributed by atoms with Crippen LogP contribution >= 0.6 is 12.2 Å². The fourth-order valence-corrected chi connectivity index (χ4v) is 2.77. The summed E-state index contributed by atoms with van der Waals surface area (Å²) in [7, 11) is -0.801. The molecule has 0 bridgehead atoms. The molecule has 0 aliphatic rings. The van der Waals surface area contributed by atoms with Crippen molar-refractivity contribution < 1.29 is 22.7 Å². The first-order valence-electron chi connectivity index (χ1n) is 7.22. The number of carbonyl (C=O) groups excluding carboxylic acids is 1. The Kier molecular flexibility index (Phi) is 6.14. The van der Waals surface area contributed by atoms with E-state index in [9.17, 15) is 13.2 Å². The van der Waals surface area contributed by atoms with Crippen LogP contribution in [-0.2, 0) is 10.0 Å². The molecule has 138 valence electrons. The van der Waals surface area contributed by atoms with Crippen LogP contribution in [0.1, 0.15) is 10.4 Å². The van der Waals surface area contributed by atoms with Gasteiger partial charge in [0.2, 0.25) is 10.0 Å². The molecule has 8 nitrogen and oxygen atoms in total. The van der Waals surface area contributed by atoms with Crippen molar-refractivity contribution in [2.75, 3.05) is 19.5 Å². The Morgan fingerprint density at radius 3 is 2.19 bits per heavy atom. The van der Waals surface area contributed by atoms with Crippen LogP contribution in [0.4, 0.5) is 5.69 Å². The molecule has 26 heavy (non-hydrogen) atoms. The van der Waals surface area contributed by atoms with Gasteiger partial charge in [0.1, 0.15) is 0 Å². The number of primary sulfonamides is 1. The largest absolute Gasteiger partial charge is 0.493 e. The maximum atomic E-state index is 12.3. The first kappa shape index (κ1) is 19.6. The minimum atomic E-state index is -3.77. The summed E-state index contributed by atoms with van der Waals surface area (Å²) in [5, 5.41) is 10.4. The Labute approximate surface area is 156 Å². The molecule has 0 aromatic heterocycles. The number of amides is 1. The molecular formula is C16H17N3O5S2. The first-order chi connectivity index (χ1) is 12.2. The molecule has 10 heteroatoms. The lowest BCUT2D eigenvalue weighted by molar-refractivity contribution is 0.0977. The number of nitrogens with one attached hydrogen (secondary N) is 2. The average molecular weight is 395 g/mol. The fourth-order valence-electron chi connectivity index (χ4n) is 2.04. The second kappa shape index (κ2) is 8.13. The number of methoxy groups -OCH3 is 2. The van der Waals surface area contributed by atoms with Crippen LogP contribution in [0.3, 0.4) is 0 Å². The minimum Gasteiger partial charge on any atom is -0.493 e. The third-order valence-corrected chi connectivity index (χ3v) is 4.45. The highest BCUT2D eigenvalue weighted by Crippen LogP contribution is 2.27. The highest BCUT2D eigenvalue weighted by atomic mass is 32.2. The highest BCUT2D eigenvalue weighted by Gasteiger charge is 2.12. The van der Waals surface area contributed by atoms with E-state index in [1.54, 1.807) is 12.1 Å². The van der Waals surface area contributed by atoms with Crippen LogP contribution in [0, 0.1) is 0 Å². The van der Waals surface area contributed by atoms with Crippen molar-refractivity contribution in [3.8, 4) is 11.5 Å². The molecule has 0 unspecified atom stereocenters.